The minimum Gasteiger partial charge on any atom is -0.396 e. The average Bonchev–Trinajstić information content (AvgIpc) is 3.52. The molecule has 5 heterocycles. The zero-order chi connectivity index (χ0) is 23.4. The fourth-order valence-corrected chi connectivity index (χ4v) is 6.35. The number of aliphatic hydroxyl groups is 1. The summed E-state index contributed by atoms with van der Waals surface area (Å²) in [6, 6.07) is 7.40. The summed E-state index contributed by atoms with van der Waals surface area (Å²) in [7, 11) is 2.09. The predicted octanol–water partition coefficient (Wildman–Crippen LogP) is 1.06. The van der Waals surface area contributed by atoms with Gasteiger partial charge in [-0.1, -0.05) is 6.07 Å². The van der Waals surface area contributed by atoms with Crippen LogP contribution >= 0.6 is 0 Å². The summed E-state index contributed by atoms with van der Waals surface area (Å²) in [5.74, 6) is 0.651. The van der Waals surface area contributed by atoms with Crippen LogP contribution in [0.5, 0.6) is 0 Å². The SMILES string of the molecule is CN1CCN(C(=O)[C@H]2[C@H](CO)[C@H]3Cn4c(ccc(-c5cccnc5)c4=O)[C@H]3N2CC2CC2)CC1. The molecule has 1 saturated carbocycles. The highest BCUT2D eigenvalue weighted by Gasteiger charge is 2.57. The number of likely N-dealkylation sites (N-methyl/N-ethyl adjacent to an activating group) is 1. The van der Waals surface area contributed by atoms with Crippen molar-refractivity contribution in [2.75, 3.05) is 46.4 Å². The molecule has 0 aromatic carbocycles. The third kappa shape index (κ3) is 3.59. The molecule has 34 heavy (non-hydrogen) atoms. The normalized spacial score (nSPS) is 29.3. The number of hydrogen-bond donors (Lipinski definition) is 1. The fraction of sp³-hybridized carbons (Fsp3) is 0.577. The first-order chi connectivity index (χ1) is 16.6. The van der Waals surface area contributed by atoms with Gasteiger partial charge in [0.2, 0.25) is 5.91 Å². The number of pyridine rings is 2. The summed E-state index contributed by atoms with van der Waals surface area (Å²) in [5.41, 5.74) is 2.44. The molecule has 3 fully saturated rings. The van der Waals surface area contributed by atoms with Gasteiger partial charge in [0.1, 0.15) is 0 Å². The predicted molar refractivity (Wildman–Crippen MR) is 128 cm³/mol. The van der Waals surface area contributed by atoms with Crippen molar-refractivity contribution in [1.29, 1.82) is 0 Å². The monoisotopic (exact) mass is 463 g/mol. The first-order valence-corrected chi connectivity index (χ1v) is 12.5. The summed E-state index contributed by atoms with van der Waals surface area (Å²) in [6.45, 7) is 4.61. The lowest BCUT2D eigenvalue weighted by atomic mass is 9.88. The zero-order valence-corrected chi connectivity index (χ0v) is 19.7. The zero-order valence-electron chi connectivity index (χ0n) is 19.7. The lowest BCUT2D eigenvalue weighted by Crippen LogP contribution is -2.55. The molecule has 1 aliphatic carbocycles. The van der Waals surface area contributed by atoms with Gasteiger partial charge in [0.05, 0.1) is 12.1 Å². The first-order valence-electron chi connectivity index (χ1n) is 12.5. The van der Waals surface area contributed by atoms with Crippen molar-refractivity contribution < 1.29 is 9.90 Å². The maximum atomic E-state index is 13.8. The maximum Gasteiger partial charge on any atom is 0.258 e. The Bertz CT molecular complexity index is 1120. The molecule has 2 aromatic rings. The molecule has 0 radical (unpaired) electrons. The number of piperazine rings is 1. The van der Waals surface area contributed by atoms with Crippen molar-refractivity contribution in [3.8, 4) is 11.1 Å². The summed E-state index contributed by atoms with van der Waals surface area (Å²) in [5, 5.41) is 10.5. The van der Waals surface area contributed by atoms with Crippen molar-refractivity contribution in [2.24, 2.45) is 17.8 Å². The van der Waals surface area contributed by atoms with Crippen LogP contribution in [0.1, 0.15) is 24.6 Å². The van der Waals surface area contributed by atoms with Crippen molar-refractivity contribution in [1.82, 2.24) is 24.3 Å². The van der Waals surface area contributed by atoms with E-state index < -0.39 is 0 Å². The van der Waals surface area contributed by atoms with E-state index in [1.807, 2.05) is 27.7 Å². The molecule has 8 heteroatoms. The number of aromatic nitrogens is 2. The molecule has 180 valence electrons. The second-order valence-electron chi connectivity index (χ2n) is 10.5. The molecule has 1 amide bonds. The highest BCUT2D eigenvalue weighted by Crippen LogP contribution is 2.51. The second kappa shape index (κ2) is 8.59. The molecule has 4 atom stereocenters. The lowest BCUT2D eigenvalue weighted by Gasteiger charge is -2.38. The van der Waals surface area contributed by atoms with E-state index in [-0.39, 0.29) is 42.0 Å². The van der Waals surface area contributed by atoms with Gasteiger partial charge in [-0.15, -0.1) is 0 Å². The third-order valence-corrected chi connectivity index (χ3v) is 8.40. The minimum absolute atomic E-state index is 0.00480. The Kier molecular flexibility index (Phi) is 5.54. The molecule has 0 bridgehead atoms. The van der Waals surface area contributed by atoms with E-state index in [1.165, 1.54) is 12.8 Å². The maximum absolute atomic E-state index is 13.8. The van der Waals surface area contributed by atoms with Crippen LogP contribution in [-0.2, 0) is 11.3 Å². The lowest BCUT2D eigenvalue weighted by molar-refractivity contribution is -0.140. The number of rotatable bonds is 5. The van der Waals surface area contributed by atoms with Gasteiger partial charge in [0.15, 0.2) is 0 Å². The van der Waals surface area contributed by atoms with Crippen molar-refractivity contribution in [2.45, 2.75) is 31.5 Å². The average molecular weight is 464 g/mol. The van der Waals surface area contributed by atoms with Gasteiger partial charge in [-0.05, 0) is 44.0 Å². The van der Waals surface area contributed by atoms with Crippen LogP contribution in [-0.4, -0.2) is 87.7 Å². The molecule has 1 N–H and O–H groups in total. The van der Waals surface area contributed by atoms with Crippen LogP contribution in [0.15, 0.2) is 41.5 Å². The van der Waals surface area contributed by atoms with Gasteiger partial charge in [0, 0.05) is 86.9 Å². The number of amides is 1. The largest absolute Gasteiger partial charge is 0.396 e. The standard InChI is InChI=1S/C26H33N5O3/c1-28-9-11-29(12-10-28)26(34)24-21(16-32)20-15-30-22(23(20)31(24)14-17-4-5-17)7-6-19(25(30)33)18-3-2-8-27-13-18/h2-3,6-8,13,17,20-21,23-24,32H,4-5,9-12,14-16H2,1H3/t20-,21-,23+,24-/m1/s1. The Morgan fingerprint density at radius 1 is 1.15 bits per heavy atom. The summed E-state index contributed by atoms with van der Waals surface area (Å²) in [6.07, 6.45) is 5.82. The highest BCUT2D eigenvalue weighted by atomic mass is 16.3. The van der Waals surface area contributed by atoms with Crippen molar-refractivity contribution in [3.63, 3.8) is 0 Å². The molecule has 8 nitrogen and oxygen atoms in total. The van der Waals surface area contributed by atoms with E-state index in [4.69, 9.17) is 0 Å². The van der Waals surface area contributed by atoms with E-state index in [1.54, 1.807) is 12.4 Å². The Morgan fingerprint density at radius 3 is 2.62 bits per heavy atom. The third-order valence-electron chi connectivity index (χ3n) is 8.40. The number of hydrogen-bond acceptors (Lipinski definition) is 6. The summed E-state index contributed by atoms with van der Waals surface area (Å²) in [4.78, 5) is 38.1. The van der Waals surface area contributed by atoms with Crippen LogP contribution in [0.4, 0.5) is 0 Å². The first kappa shape index (κ1) is 21.9. The van der Waals surface area contributed by atoms with Gasteiger partial charge in [-0.3, -0.25) is 19.5 Å². The number of fused-ring (bicyclic) bond motifs is 3. The van der Waals surface area contributed by atoms with Crippen LogP contribution < -0.4 is 5.56 Å². The van der Waals surface area contributed by atoms with E-state index in [9.17, 15) is 14.7 Å². The number of carbonyl (C=O) groups excluding carboxylic acids is 1. The minimum atomic E-state index is -0.314. The molecule has 2 saturated heterocycles. The summed E-state index contributed by atoms with van der Waals surface area (Å²) >= 11 is 0. The van der Waals surface area contributed by atoms with Crippen LogP contribution in [0.3, 0.4) is 0 Å². The number of carbonyl (C=O) groups is 1. The van der Waals surface area contributed by atoms with Crippen molar-refractivity contribution in [3.05, 3.63) is 52.7 Å². The molecular weight excluding hydrogens is 430 g/mol. The highest BCUT2D eigenvalue weighted by molar-refractivity contribution is 5.83. The topological polar surface area (TPSA) is 81.9 Å². The summed E-state index contributed by atoms with van der Waals surface area (Å²) < 4.78 is 1.89. The molecule has 0 unspecified atom stereocenters. The Balaban J connectivity index is 1.36. The Labute approximate surface area is 199 Å². The quantitative estimate of drug-likeness (QED) is 0.714. The smallest absolute Gasteiger partial charge is 0.258 e. The number of nitrogens with zero attached hydrogens (tertiary/aromatic N) is 5. The Morgan fingerprint density at radius 2 is 1.94 bits per heavy atom. The molecule has 4 aliphatic rings. The Hall–Kier alpha value is -2.55. The van der Waals surface area contributed by atoms with Crippen molar-refractivity contribution >= 4 is 5.91 Å². The number of aliphatic hydroxyl groups excluding tert-OH is 1. The molecular formula is C26H33N5O3. The van der Waals surface area contributed by atoms with Gasteiger partial charge in [-0.25, -0.2) is 0 Å². The molecule has 3 aliphatic heterocycles. The van der Waals surface area contributed by atoms with E-state index >= 15 is 0 Å². The van der Waals surface area contributed by atoms with E-state index in [2.05, 4.69) is 27.9 Å². The van der Waals surface area contributed by atoms with Gasteiger partial charge < -0.3 is 19.5 Å². The van der Waals surface area contributed by atoms with Crippen LogP contribution in [0, 0.1) is 17.8 Å². The molecule has 2 aromatic heterocycles. The van der Waals surface area contributed by atoms with E-state index in [0.29, 0.717) is 18.0 Å². The fourth-order valence-electron chi connectivity index (χ4n) is 6.35. The van der Waals surface area contributed by atoms with Crippen LogP contribution in [0.25, 0.3) is 11.1 Å². The van der Waals surface area contributed by atoms with Gasteiger partial charge in [-0.2, -0.15) is 0 Å². The van der Waals surface area contributed by atoms with Gasteiger partial charge >= 0.3 is 0 Å². The van der Waals surface area contributed by atoms with E-state index in [0.717, 1.165) is 44.0 Å². The van der Waals surface area contributed by atoms with Gasteiger partial charge in [0.25, 0.3) is 5.56 Å². The molecule has 6 rings (SSSR count). The van der Waals surface area contributed by atoms with Crippen LogP contribution in [0.2, 0.25) is 0 Å². The second-order valence-corrected chi connectivity index (χ2v) is 10.5. The number of likely N-dealkylation sites (tertiary alicyclic amines) is 1. The molecule has 0 spiro atoms.